The van der Waals surface area contributed by atoms with Crippen molar-refractivity contribution in [3.8, 4) is 17.2 Å². The van der Waals surface area contributed by atoms with Crippen LogP contribution in [0, 0.1) is 0 Å². The van der Waals surface area contributed by atoms with E-state index in [0.717, 1.165) is 28.4 Å². The van der Waals surface area contributed by atoms with Crippen molar-refractivity contribution in [2.45, 2.75) is 13.1 Å². The van der Waals surface area contributed by atoms with E-state index in [4.69, 9.17) is 19.2 Å². The first-order chi connectivity index (χ1) is 15.7. The highest BCUT2D eigenvalue weighted by Crippen LogP contribution is 2.19. The maximum absolute atomic E-state index is 12.6. The van der Waals surface area contributed by atoms with Gasteiger partial charge in [-0.1, -0.05) is 18.2 Å². The number of hydrogen-bond acceptors (Lipinski definition) is 5. The number of fused-ring (bicyclic) bond motifs is 1. The minimum Gasteiger partial charge on any atom is -0.497 e. The maximum Gasteiger partial charge on any atom is 0.251 e. The predicted molar refractivity (Wildman–Crippen MR) is 122 cm³/mol. The lowest BCUT2D eigenvalue weighted by Crippen LogP contribution is -2.25. The smallest absolute Gasteiger partial charge is 0.251 e. The van der Waals surface area contributed by atoms with Crippen molar-refractivity contribution in [1.29, 1.82) is 0 Å². The summed E-state index contributed by atoms with van der Waals surface area (Å²) in [5, 5.41) is 2.96. The zero-order valence-electron chi connectivity index (χ0n) is 18.1. The standard InChI is InChI=1S/C25H25N3O4/c1-30-19-10-12-20(13-11-19)32-15-14-28-23-9-4-3-8-22(23)27-24(28)17-26-25(29)18-6-5-7-21(16-18)31-2/h3-13,16H,14-15,17H2,1-2H3,(H,26,29). The Morgan fingerprint density at radius 2 is 1.66 bits per heavy atom. The maximum atomic E-state index is 12.6. The van der Waals surface area contributed by atoms with Crippen LogP contribution in [-0.4, -0.2) is 36.3 Å². The van der Waals surface area contributed by atoms with E-state index >= 15 is 0 Å². The Balaban J connectivity index is 1.46. The molecule has 4 aromatic rings. The van der Waals surface area contributed by atoms with Gasteiger partial charge in [0.1, 0.15) is 29.7 Å². The van der Waals surface area contributed by atoms with E-state index < -0.39 is 0 Å². The number of aromatic nitrogens is 2. The monoisotopic (exact) mass is 431 g/mol. The van der Waals surface area contributed by atoms with Gasteiger partial charge in [-0.05, 0) is 54.6 Å². The van der Waals surface area contributed by atoms with E-state index in [2.05, 4.69) is 9.88 Å². The summed E-state index contributed by atoms with van der Waals surface area (Å²) < 4.78 is 18.4. The summed E-state index contributed by atoms with van der Waals surface area (Å²) in [5.74, 6) is 2.77. The first-order valence-electron chi connectivity index (χ1n) is 10.3. The molecule has 0 spiro atoms. The van der Waals surface area contributed by atoms with Crippen LogP contribution in [0.15, 0.2) is 72.8 Å². The lowest BCUT2D eigenvalue weighted by molar-refractivity contribution is 0.0949. The predicted octanol–water partition coefficient (Wildman–Crippen LogP) is 4.06. The van der Waals surface area contributed by atoms with Crippen LogP contribution in [0.5, 0.6) is 17.2 Å². The van der Waals surface area contributed by atoms with E-state index in [-0.39, 0.29) is 5.91 Å². The number of ether oxygens (including phenoxy) is 3. The van der Waals surface area contributed by atoms with Gasteiger partial charge in [-0.3, -0.25) is 4.79 Å². The van der Waals surface area contributed by atoms with E-state index in [1.807, 2.05) is 48.5 Å². The van der Waals surface area contributed by atoms with Crippen LogP contribution in [-0.2, 0) is 13.1 Å². The second-order valence-corrected chi connectivity index (χ2v) is 7.11. The quantitative estimate of drug-likeness (QED) is 0.433. The summed E-state index contributed by atoms with van der Waals surface area (Å²) in [4.78, 5) is 17.3. The second kappa shape index (κ2) is 9.87. The van der Waals surface area contributed by atoms with Crippen molar-refractivity contribution >= 4 is 16.9 Å². The third kappa shape index (κ3) is 4.83. The summed E-state index contributed by atoms with van der Waals surface area (Å²) in [7, 11) is 3.21. The number of hydrogen-bond donors (Lipinski definition) is 1. The van der Waals surface area contributed by atoms with Gasteiger partial charge >= 0.3 is 0 Å². The Morgan fingerprint density at radius 1 is 0.906 bits per heavy atom. The van der Waals surface area contributed by atoms with Crippen molar-refractivity contribution in [2.75, 3.05) is 20.8 Å². The first-order valence-corrected chi connectivity index (χ1v) is 10.3. The topological polar surface area (TPSA) is 74.6 Å². The number of nitrogens with zero attached hydrogens (tertiary/aromatic N) is 2. The molecule has 3 aromatic carbocycles. The third-order valence-electron chi connectivity index (χ3n) is 5.12. The average Bonchev–Trinajstić information content (AvgIpc) is 3.20. The average molecular weight is 431 g/mol. The highest BCUT2D eigenvalue weighted by molar-refractivity contribution is 5.94. The molecule has 7 heteroatoms. The summed E-state index contributed by atoms with van der Waals surface area (Å²) in [6.45, 7) is 1.35. The number of nitrogens with one attached hydrogen (secondary N) is 1. The molecular formula is C25H25N3O4. The van der Waals surface area contributed by atoms with Gasteiger partial charge in [-0.15, -0.1) is 0 Å². The van der Waals surface area contributed by atoms with Crippen molar-refractivity contribution in [3.63, 3.8) is 0 Å². The van der Waals surface area contributed by atoms with Crippen molar-refractivity contribution in [3.05, 3.63) is 84.2 Å². The Bertz CT molecular complexity index is 1200. The van der Waals surface area contributed by atoms with Gasteiger partial charge in [0.25, 0.3) is 5.91 Å². The van der Waals surface area contributed by atoms with Crippen LogP contribution in [0.2, 0.25) is 0 Å². The molecule has 0 bridgehead atoms. The number of para-hydroxylation sites is 2. The fourth-order valence-corrected chi connectivity index (χ4v) is 3.46. The summed E-state index contributed by atoms with van der Waals surface area (Å²) in [5.41, 5.74) is 2.41. The normalized spacial score (nSPS) is 10.7. The van der Waals surface area contributed by atoms with E-state index in [1.54, 1.807) is 38.5 Å². The van der Waals surface area contributed by atoms with Gasteiger partial charge in [-0.25, -0.2) is 4.98 Å². The van der Waals surface area contributed by atoms with Gasteiger partial charge < -0.3 is 24.1 Å². The molecule has 164 valence electrons. The van der Waals surface area contributed by atoms with Crippen molar-refractivity contribution in [1.82, 2.24) is 14.9 Å². The Hall–Kier alpha value is -4.00. The highest BCUT2D eigenvalue weighted by Gasteiger charge is 2.13. The molecule has 1 amide bonds. The molecule has 0 saturated heterocycles. The van der Waals surface area contributed by atoms with Gasteiger partial charge in [0, 0.05) is 5.56 Å². The molecule has 0 saturated carbocycles. The molecule has 0 atom stereocenters. The zero-order valence-corrected chi connectivity index (χ0v) is 18.1. The number of benzene rings is 3. The summed E-state index contributed by atoms with van der Waals surface area (Å²) in [6.07, 6.45) is 0. The van der Waals surface area contributed by atoms with Crippen LogP contribution < -0.4 is 19.5 Å². The Morgan fingerprint density at radius 3 is 2.44 bits per heavy atom. The number of imidazole rings is 1. The van der Waals surface area contributed by atoms with Gasteiger partial charge in [0.2, 0.25) is 0 Å². The first kappa shape index (κ1) is 21.2. The number of carbonyl (C=O) groups excluding carboxylic acids is 1. The molecule has 0 aliphatic heterocycles. The number of methoxy groups -OCH3 is 2. The van der Waals surface area contributed by atoms with Gasteiger partial charge in [-0.2, -0.15) is 0 Å². The number of carbonyl (C=O) groups is 1. The van der Waals surface area contributed by atoms with Crippen LogP contribution in [0.3, 0.4) is 0 Å². The van der Waals surface area contributed by atoms with Crippen molar-refractivity contribution in [2.24, 2.45) is 0 Å². The molecular weight excluding hydrogens is 406 g/mol. The fraction of sp³-hybridized carbons (Fsp3) is 0.200. The van der Waals surface area contributed by atoms with E-state index in [9.17, 15) is 4.79 Å². The number of rotatable bonds is 9. The molecule has 0 unspecified atom stereocenters. The summed E-state index contributed by atoms with van der Waals surface area (Å²) >= 11 is 0. The number of amides is 1. The van der Waals surface area contributed by atoms with E-state index in [1.165, 1.54) is 0 Å². The molecule has 32 heavy (non-hydrogen) atoms. The van der Waals surface area contributed by atoms with Crippen LogP contribution in [0.25, 0.3) is 11.0 Å². The summed E-state index contributed by atoms with van der Waals surface area (Å²) in [6, 6.07) is 22.4. The molecule has 0 radical (unpaired) electrons. The largest absolute Gasteiger partial charge is 0.497 e. The molecule has 0 aliphatic rings. The molecule has 1 aromatic heterocycles. The molecule has 7 nitrogen and oxygen atoms in total. The molecule has 1 N–H and O–H groups in total. The molecule has 0 aliphatic carbocycles. The minimum absolute atomic E-state index is 0.183. The zero-order chi connectivity index (χ0) is 22.3. The van der Waals surface area contributed by atoms with Crippen LogP contribution in [0.4, 0.5) is 0 Å². The highest BCUT2D eigenvalue weighted by atomic mass is 16.5. The van der Waals surface area contributed by atoms with E-state index in [0.29, 0.717) is 31.0 Å². The molecule has 0 fully saturated rings. The lowest BCUT2D eigenvalue weighted by Gasteiger charge is -2.12. The lowest BCUT2D eigenvalue weighted by atomic mass is 10.2. The minimum atomic E-state index is -0.183. The van der Waals surface area contributed by atoms with Crippen LogP contribution >= 0.6 is 0 Å². The SMILES string of the molecule is COc1ccc(OCCn2c(CNC(=O)c3cccc(OC)c3)nc3ccccc32)cc1. The van der Waals surface area contributed by atoms with Gasteiger partial charge in [0.15, 0.2) is 0 Å². The third-order valence-corrected chi connectivity index (χ3v) is 5.12. The Kier molecular flexibility index (Phi) is 6.55. The Labute approximate surface area is 186 Å². The molecule has 4 rings (SSSR count). The fourth-order valence-electron chi connectivity index (χ4n) is 3.46. The second-order valence-electron chi connectivity index (χ2n) is 7.11. The molecule has 1 heterocycles. The van der Waals surface area contributed by atoms with Crippen molar-refractivity contribution < 1.29 is 19.0 Å². The van der Waals surface area contributed by atoms with Gasteiger partial charge in [0.05, 0.1) is 38.3 Å². The van der Waals surface area contributed by atoms with Crippen LogP contribution in [0.1, 0.15) is 16.2 Å².